The molecule has 4 heterocycles. The monoisotopic (exact) mass is 673 g/mol. The molecule has 230 valence electrons. The zero-order valence-corrected chi connectivity index (χ0v) is 29.8. The van der Waals surface area contributed by atoms with E-state index in [0.29, 0.717) is 0 Å². The highest BCUT2D eigenvalue weighted by atomic mass is 32.1. The number of benzene rings is 3. The lowest BCUT2D eigenvalue weighted by atomic mass is 10.1. The summed E-state index contributed by atoms with van der Waals surface area (Å²) in [6.45, 7) is 10.8. The Labute approximate surface area is 287 Å². The van der Waals surface area contributed by atoms with Crippen LogP contribution < -0.4 is 14.7 Å². The van der Waals surface area contributed by atoms with E-state index in [9.17, 15) is 0 Å². The van der Waals surface area contributed by atoms with Gasteiger partial charge >= 0.3 is 0 Å². The highest BCUT2D eigenvalue weighted by Gasteiger charge is 2.20. The van der Waals surface area contributed by atoms with Gasteiger partial charge < -0.3 is 4.90 Å². The quantitative estimate of drug-likeness (QED) is 0.151. The second-order valence-corrected chi connectivity index (χ2v) is 16.5. The third-order valence-electron chi connectivity index (χ3n) is 7.81. The van der Waals surface area contributed by atoms with Crippen molar-refractivity contribution in [3.63, 3.8) is 0 Å². The summed E-state index contributed by atoms with van der Waals surface area (Å²) in [7, 11) is 0. The first-order valence-electron chi connectivity index (χ1n) is 15.3. The molecule has 0 spiro atoms. The van der Waals surface area contributed by atoms with Gasteiger partial charge in [0.15, 0.2) is 0 Å². The van der Waals surface area contributed by atoms with E-state index in [0.717, 1.165) is 28.4 Å². The average molecular weight is 674 g/mol. The van der Waals surface area contributed by atoms with E-state index in [1.165, 1.54) is 45.1 Å². The molecule has 7 aromatic rings. The minimum absolute atomic E-state index is 1.12. The molecule has 0 unspecified atom stereocenters. The fraction of sp³-hybridized carbons (Fsp3) is 0.128. The van der Waals surface area contributed by atoms with Crippen molar-refractivity contribution in [3.8, 4) is 0 Å². The molecule has 7 rings (SSSR count). The van der Waals surface area contributed by atoms with Crippen molar-refractivity contribution < 1.29 is 0 Å². The summed E-state index contributed by atoms with van der Waals surface area (Å²) in [6, 6.07) is 44.4. The summed E-state index contributed by atoms with van der Waals surface area (Å²) in [5.41, 5.74) is 6.91. The van der Waals surface area contributed by atoms with E-state index in [1.807, 2.05) is 45.3 Å². The fourth-order valence-corrected chi connectivity index (χ4v) is 9.24. The summed E-state index contributed by atoms with van der Waals surface area (Å²) in [5.74, 6) is 0. The maximum Gasteiger partial charge on any atom is 0.101 e. The third kappa shape index (κ3) is 6.29. The largest absolute Gasteiger partial charge is 0.311 e. The smallest absolute Gasteiger partial charge is 0.101 e. The van der Waals surface area contributed by atoms with Gasteiger partial charge in [-0.3, -0.25) is 9.80 Å². The summed E-state index contributed by atoms with van der Waals surface area (Å²) in [6.07, 6.45) is 0. The molecule has 0 amide bonds. The number of hydrogen-bond donors (Lipinski definition) is 0. The number of hydrogen-bond acceptors (Lipinski definition) is 7. The number of anilines is 9. The number of thiophene rings is 4. The van der Waals surface area contributed by atoms with E-state index in [4.69, 9.17) is 0 Å². The van der Waals surface area contributed by atoms with Gasteiger partial charge in [0.2, 0.25) is 0 Å². The molecule has 0 bridgehead atoms. The molecular weight excluding hydrogens is 639 g/mol. The van der Waals surface area contributed by atoms with E-state index >= 15 is 0 Å². The Balaban J connectivity index is 1.27. The first-order valence-corrected chi connectivity index (χ1v) is 18.5. The van der Waals surface area contributed by atoms with Crippen LogP contribution in [0.15, 0.2) is 121 Å². The lowest BCUT2D eigenvalue weighted by Crippen LogP contribution is -2.12. The maximum absolute atomic E-state index is 2.37. The molecule has 0 fully saturated rings. The van der Waals surface area contributed by atoms with Crippen LogP contribution in [-0.4, -0.2) is 0 Å². The molecule has 3 nitrogen and oxygen atoms in total. The van der Waals surface area contributed by atoms with Crippen LogP contribution in [0.25, 0.3) is 0 Å². The fourth-order valence-electron chi connectivity index (χ4n) is 5.54. The van der Waals surface area contributed by atoms with Gasteiger partial charge in [0.1, 0.15) is 20.0 Å². The predicted octanol–water partition coefficient (Wildman–Crippen LogP) is 13.9. The molecule has 7 heteroatoms. The van der Waals surface area contributed by atoms with Crippen LogP contribution in [0.4, 0.5) is 48.4 Å². The lowest BCUT2D eigenvalue weighted by molar-refractivity contribution is 1.26. The Hall–Kier alpha value is -4.14. The molecule has 0 radical (unpaired) electrons. The number of rotatable bonds is 9. The molecule has 0 saturated heterocycles. The average Bonchev–Trinajstić information content (AvgIpc) is 3.87. The molecule has 3 aromatic carbocycles. The maximum atomic E-state index is 2.37. The Morgan fingerprint density at radius 1 is 0.283 bits per heavy atom. The van der Waals surface area contributed by atoms with Crippen LogP contribution in [0.5, 0.6) is 0 Å². The summed E-state index contributed by atoms with van der Waals surface area (Å²) >= 11 is 7.29. The van der Waals surface area contributed by atoms with Crippen LogP contribution in [-0.2, 0) is 0 Å². The Bertz CT molecular complexity index is 1850. The summed E-state index contributed by atoms with van der Waals surface area (Å²) in [5, 5.41) is 4.91. The van der Waals surface area contributed by atoms with Gasteiger partial charge in [-0.2, -0.15) is 0 Å². The number of nitrogens with zero attached hydrogens (tertiary/aromatic N) is 3. The van der Waals surface area contributed by atoms with Gasteiger partial charge in [0, 0.05) is 47.9 Å². The molecule has 0 N–H and O–H groups in total. The van der Waals surface area contributed by atoms with Crippen LogP contribution in [0.3, 0.4) is 0 Å². The SMILES string of the molecule is Cc1ccc(N(c2ccc(N(c3ccc(C)s3)c3ccc(C)s3)cc2)c2ccc(N(c3ccc(C)s3)c3ccc(C)s3)cc2)cc1. The van der Waals surface area contributed by atoms with E-state index in [-0.39, 0.29) is 0 Å². The van der Waals surface area contributed by atoms with Crippen LogP contribution in [0.1, 0.15) is 25.1 Å². The highest BCUT2D eigenvalue weighted by Crippen LogP contribution is 2.45. The predicted molar refractivity (Wildman–Crippen MR) is 206 cm³/mol. The zero-order chi connectivity index (χ0) is 31.8. The number of aryl methyl sites for hydroxylation is 5. The van der Waals surface area contributed by atoms with E-state index in [2.05, 4.69) is 171 Å². The summed E-state index contributed by atoms with van der Waals surface area (Å²) < 4.78 is 0. The molecule has 0 aliphatic carbocycles. The topological polar surface area (TPSA) is 9.72 Å². The Morgan fingerprint density at radius 2 is 0.522 bits per heavy atom. The summed E-state index contributed by atoms with van der Waals surface area (Å²) in [4.78, 5) is 12.3. The standard InChI is InChI=1S/C39H35N3S4/c1-26-6-12-31(13-7-26)40(32-14-18-34(19-15-32)41(36-22-8-27(2)43-36)37-23-9-28(3)44-37)33-16-20-35(21-17-33)42(38-24-10-29(4)45-38)39-25-11-30(5)46-39/h6-25H,1-5H3. The third-order valence-corrected chi connectivity index (χ3v) is 11.8. The van der Waals surface area contributed by atoms with Crippen molar-refractivity contribution in [2.24, 2.45) is 0 Å². The van der Waals surface area contributed by atoms with Gasteiger partial charge in [0.25, 0.3) is 0 Å². The first kappa shape index (κ1) is 30.5. The minimum atomic E-state index is 1.12. The van der Waals surface area contributed by atoms with Gasteiger partial charge in [-0.25, -0.2) is 0 Å². The first-order chi connectivity index (χ1) is 22.3. The Morgan fingerprint density at radius 3 is 0.761 bits per heavy atom. The van der Waals surface area contributed by atoms with Gasteiger partial charge in [0.05, 0.1) is 0 Å². The normalized spacial score (nSPS) is 11.2. The second-order valence-electron chi connectivity index (χ2n) is 11.4. The van der Waals surface area contributed by atoms with Crippen molar-refractivity contribution in [2.75, 3.05) is 14.7 Å². The van der Waals surface area contributed by atoms with Gasteiger partial charge in [-0.15, -0.1) is 45.3 Å². The zero-order valence-electron chi connectivity index (χ0n) is 26.5. The van der Waals surface area contributed by atoms with Crippen molar-refractivity contribution >= 4 is 93.8 Å². The van der Waals surface area contributed by atoms with Crippen LogP contribution >= 0.6 is 45.3 Å². The van der Waals surface area contributed by atoms with Crippen molar-refractivity contribution in [2.45, 2.75) is 34.6 Å². The van der Waals surface area contributed by atoms with Gasteiger partial charge in [-0.1, -0.05) is 17.7 Å². The van der Waals surface area contributed by atoms with Crippen molar-refractivity contribution in [1.29, 1.82) is 0 Å². The van der Waals surface area contributed by atoms with Crippen molar-refractivity contribution in [3.05, 3.63) is 146 Å². The molecule has 4 aromatic heterocycles. The van der Waals surface area contributed by atoms with Crippen LogP contribution in [0.2, 0.25) is 0 Å². The molecule has 0 atom stereocenters. The molecule has 0 aliphatic heterocycles. The van der Waals surface area contributed by atoms with E-state index in [1.54, 1.807) is 0 Å². The molecule has 0 aliphatic rings. The van der Waals surface area contributed by atoms with Crippen molar-refractivity contribution in [1.82, 2.24) is 0 Å². The van der Waals surface area contributed by atoms with E-state index < -0.39 is 0 Å². The van der Waals surface area contributed by atoms with Gasteiger partial charge in [-0.05, 0) is 144 Å². The molecule has 0 saturated carbocycles. The van der Waals surface area contributed by atoms with Crippen LogP contribution in [0, 0.1) is 34.6 Å². The molecular formula is C39H35N3S4. The molecule has 46 heavy (non-hydrogen) atoms. The lowest BCUT2D eigenvalue weighted by Gasteiger charge is -2.28. The minimum Gasteiger partial charge on any atom is -0.311 e. The second kappa shape index (κ2) is 12.9. The highest BCUT2D eigenvalue weighted by molar-refractivity contribution is 7.19. The Kier molecular flexibility index (Phi) is 8.58.